The Morgan fingerprint density at radius 2 is 2.08 bits per heavy atom. The first-order chi connectivity index (χ1) is 11.8. The van der Waals surface area contributed by atoms with E-state index < -0.39 is 0 Å². The third-order valence-electron chi connectivity index (χ3n) is 4.21. The third kappa shape index (κ3) is 3.69. The second kappa shape index (κ2) is 7.55. The van der Waals surface area contributed by atoms with E-state index in [1.54, 1.807) is 18.3 Å². The molecule has 1 aromatic carbocycles. The number of benzene rings is 1. The molecule has 1 aromatic heterocycles. The predicted molar refractivity (Wildman–Crippen MR) is 90.5 cm³/mol. The van der Waals surface area contributed by atoms with Gasteiger partial charge in [0, 0.05) is 24.7 Å². The normalized spacial score (nSPS) is 17.1. The average molecular weight is 321 g/mol. The van der Waals surface area contributed by atoms with Gasteiger partial charge in [0.1, 0.15) is 11.9 Å². The molecule has 122 valence electrons. The summed E-state index contributed by atoms with van der Waals surface area (Å²) in [5.41, 5.74) is 0.975. The molecule has 1 atom stereocenters. The van der Waals surface area contributed by atoms with E-state index in [9.17, 15) is 4.79 Å². The largest absolute Gasteiger partial charge is 0.351 e. The Labute approximate surface area is 141 Å². The van der Waals surface area contributed by atoms with Gasteiger partial charge in [0.05, 0.1) is 12.4 Å². The number of nitrogens with one attached hydrogen (secondary N) is 1. The average Bonchev–Trinajstić information content (AvgIpc) is 2.67. The van der Waals surface area contributed by atoms with E-state index in [0.29, 0.717) is 17.8 Å². The van der Waals surface area contributed by atoms with E-state index >= 15 is 0 Å². The van der Waals surface area contributed by atoms with Crippen LogP contribution >= 0.6 is 0 Å². The van der Waals surface area contributed by atoms with Gasteiger partial charge in [0.2, 0.25) is 0 Å². The number of piperidine rings is 1. The summed E-state index contributed by atoms with van der Waals surface area (Å²) in [6.07, 6.45) is 6.34. The van der Waals surface area contributed by atoms with Crippen LogP contribution in [0.3, 0.4) is 0 Å². The molecule has 1 aliphatic rings. The minimum atomic E-state index is -0.0629. The first-order valence-electron chi connectivity index (χ1n) is 8.10. The van der Waals surface area contributed by atoms with E-state index in [0.717, 1.165) is 31.6 Å². The van der Waals surface area contributed by atoms with Crippen LogP contribution in [-0.2, 0) is 0 Å². The van der Waals surface area contributed by atoms with Crippen molar-refractivity contribution in [3.63, 3.8) is 0 Å². The van der Waals surface area contributed by atoms with E-state index in [4.69, 9.17) is 5.26 Å². The van der Waals surface area contributed by atoms with E-state index in [1.165, 1.54) is 6.20 Å². The number of carbonyl (C=O) groups is 1. The van der Waals surface area contributed by atoms with Crippen molar-refractivity contribution in [3.8, 4) is 6.07 Å². The quantitative estimate of drug-likeness (QED) is 0.933. The minimum Gasteiger partial charge on any atom is -0.351 e. The van der Waals surface area contributed by atoms with Crippen LogP contribution in [0.4, 0.5) is 5.82 Å². The summed E-state index contributed by atoms with van der Waals surface area (Å²) < 4.78 is 0. The summed E-state index contributed by atoms with van der Waals surface area (Å²) in [5, 5.41) is 11.8. The number of carbonyl (C=O) groups excluding carboxylic acids is 1. The molecule has 1 N–H and O–H groups in total. The lowest BCUT2D eigenvalue weighted by atomic mass is 10.0. The van der Waals surface area contributed by atoms with Crippen molar-refractivity contribution in [1.29, 1.82) is 5.26 Å². The van der Waals surface area contributed by atoms with Gasteiger partial charge in [0.25, 0.3) is 5.91 Å². The molecule has 0 radical (unpaired) electrons. The number of nitriles is 1. The van der Waals surface area contributed by atoms with Gasteiger partial charge in [-0.05, 0) is 31.4 Å². The van der Waals surface area contributed by atoms with Crippen molar-refractivity contribution in [1.82, 2.24) is 15.3 Å². The number of hydrogen-bond donors (Lipinski definition) is 1. The molecule has 3 rings (SSSR count). The summed E-state index contributed by atoms with van der Waals surface area (Å²) in [5.74, 6) is 0.694. The minimum absolute atomic E-state index is 0.0629. The summed E-state index contributed by atoms with van der Waals surface area (Å²) in [7, 11) is 0. The second-order valence-electron chi connectivity index (χ2n) is 5.79. The number of aromatic nitrogens is 2. The highest BCUT2D eigenvalue weighted by atomic mass is 16.1. The fraction of sp³-hybridized carbons (Fsp3) is 0.333. The molecule has 6 nitrogen and oxygen atoms in total. The van der Waals surface area contributed by atoms with E-state index in [2.05, 4.69) is 20.2 Å². The highest BCUT2D eigenvalue weighted by Gasteiger charge is 2.24. The second-order valence-corrected chi connectivity index (χ2v) is 5.79. The number of anilines is 1. The zero-order valence-corrected chi connectivity index (χ0v) is 13.4. The summed E-state index contributed by atoms with van der Waals surface area (Å²) in [4.78, 5) is 22.8. The molecule has 6 heteroatoms. The van der Waals surface area contributed by atoms with Crippen LogP contribution in [0, 0.1) is 11.3 Å². The van der Waals surface area contributed by atoms with Crippen LogP contribution in [0.2, 0.25) is 0 Å². The topological polar surface area (TPSA) is 81.9 Å². The molecule has 0 bridgehead atoms. The van der Waals surface area contributed by atoms with Gasteiger partial charge in [-0.3, -0.25) is 4.79 Å². The summed E-state index contributed by atoms with van der Waals surface area (Å²) in [6.45, 7) is 1.45. The number of nitrogens with zero attached hydrogens (tertiary/aromatic N) is 4. The van der Waals surface area contributed by atoms with Crippen LogP contribution in [0.15, 0.2) is 42.7 Å². The maximum absolute atomic E-state index is 12.2. The van der Waals surface area contributed by atoms with Crippen molar-refractivity contribution in [2.45, 2.75) is 25.3 Å². The van der Waals surface area contributed by atoms with Gasteiger partial charge in [-0.1, -0.05) is 18.2 Å². The van der Waals surface area contributed by atoms with E-state index in [1.807, 2.05) is 24.3 Å². The highest BCUT2D eigenvalue weighted by Crippen LogP contribution is 2.22. The zero-order chi connectivity index (χ0) is 16.8. The lowest BCUT2D eigenvalue weighted by Gasteiger charge is -2.36. The Kier molecular flexibility index (Phi) is 5.02. The van der Waals surface area contributed by atoms with Crippen molar-refractivity contribution in [3.05, 3.63) is 54.0 Å². The van der Waals surface area contributed by atoms with Crippen molar-refractivity contribution < 1.29 is 4.79 Å². The van der Waals surface area contributed by atoms with Gasteiger partial charge in [0.15, 0.2) is 5.69 Å². The lowest BCUT2D eigenvalue weighted by molar-refractivity contribution is 0.0949. The lowest BCUT2D eigenvalue weighted by Crippen LogP contribution is -2.47. The molecule has 1 fully saturated rings. The van der Waals surface area contributed by atoms with Crippen LogP contribution in [0.5, 0.6) is 0 Å². The monoisotopic (exact) mass is 321 g/mol. The predicted octanol–water partition coefficient (Wildman–Crippen LogP) is 2.14. The number of hydrogen-bond acceptors (Lipinski definition) is 5. The molecule has 1 unspecified atom stereocenters. The van der Waals surface area contributed by atoms with Crippen molar-refractivity contribution in [2.75, 3.05) is 18.0 Å². The fourth-order valence-corrected chi connectivity index (χ4v) is 2.94. The Morgan fingerprint density at radius 1 is 1.25 bits per heavy atom. The molecule has 2 heterocycles. The molecule has 1 amide bonds. The summed E-state index contributed by atoms with van der Waals surface area (Å²) in [6, 6.07) is 11.4. The molecule has 1 aliphatic heterocycles. The van der Waals surface area contributed by atoms with Crippen LogP contribution in [0.1, 0.15) is 35.3 Å². The third-order valence-corrected chi connectivity index (χ3v) is 4.21. The van der Waals surface area contributed by atoms with Gasteiger partial charge in [-0.2, -0.15) is 5.26 Å². The molecule has 1 saturated heterocycles. The molecular formula is C18H19N5O. The van der Waals surface area contributed by atoms with E-state index in [-0.39, 0.29) is 11.9 Å². The Hall–Kier alpha value is -2.94. The van der Waals surface area contributed by atoms with Crippen molar-refractivity contribution in [2.24, 2.45) is 0 Å². The number of amides is 1. The smallest absolute Gasteiger partial charge is 0.251 e. The standard InChI is InChI=1S/C18H19N5O/c19-10-15-11-21-17(13-20-15)23-9-5-4-8-16(23)12-22-18(24)14-6-2-1-3-7-14/h1-3,6-7,11,13,16H,4-5,8-9,12H2,(H,22,24). The van der Waals surface area contributed by atoms with Crippen LogP contribution in [0.25, 0.3) is 0 Å². The highest BCUT2D eigenvalue weighted by molar-refractivity contribution is 5.94. The SMILES string of the molecule is N#Cc1cnc(N2CCCCC2CNC(=O)c2ccccc2)cn1. The first-order valence-corrected chi connectivity index (χ1v) is 8.10. The van der Waals surface area contributed by atoms with Gasteiger partial charge >= 0.3 is 0 Å². The zero-order valence-electron chi connectivity index (χ0n) is 13.4. The fourth-order valence-electron chi connectivity index (χ4n) is 2.94. The maximum atomic E-state index is 12.2. The Morgan fingerprint density at radius 3 is 2.79 bits per heavy atom. The van der Waals surface area contributed by atoms with Gasteiger partial charge < -0.3 is 10.2 Å². The Bertz CT molecular complexity index is 723. The molecule has 2 aromatic rings. The van der Waals surface area contributed by atoms with Gasteiger partial charge in [-0.15, -0.1) is 0 Å². The Balaban J connectivity index is 1.66. The summed E-state index contributed by atoms with van der Waals surface area (Å²) >= 11 is 0. The first kappa shape index (κ1) is 15.9. The van der Waals surface area contributed by atoms with Crippen LogP contribution in [-0.4, -0.2) is 35.0 Å². The van der Waals surface area contributed by atoms with Crippen molar-refractivity contribution >= 4 is 11.7 Å². The molecule has 0 saturated carbocycles. The number of rotatable bonds is 4. The van der Waals surface area contributed by atoms with Gasteiger partial charge in [-0.25, -0.2) is 9.97 Å². The molecular weight excluding hydrogens is 302 g/mol. The molecule has 24 heavy (non-hydrogen) atoms. The van der Waals surface area contributed by atoms with Crippen LogP contribution < -0.4 is 10.2 Å². The maximum Gasteiger partial charge on any atom is 0.251 e. The molecule has 0 spiro atoms. The molecule has 0 aliphatic carbocycles.